The number of piperazine rings is 1. The van der Waals surface area contributed by atoms with Gasteiger partial charge in [0.2, 0.25) is 0 Å². The third-order valence-corrected chi connectivity index (χ3v) is 8.79. The summed E-state index contributed by atoms with van der Waals surface area (Å²) in [6, 6.07) is 7.58. The highest BCUT2D eigenvalue weighted by Gasteiger charge is 2.49. The van der Waals surface area contributed by atoms with E-state index in [1.807, 2.05) is 0 Å². The summed E-state index contributed by atoms with van der Waals surface area (Å²) in [5.74, 6) is 2.57. The van der Waals surface area contributed by atoms with Gasteiger partial charge < -0.3 is 20.7 Å². The number of nitrogen functional groups attached to an aromatic ring is 1. The number of nitrogens with zero attached hydrogens (tertiary/aromatic N) is 5. The predicted octanol–water partition coefficient (Wildman–Crippen LogP) is 3.29. The fourth-order valence-corrected chi connectivity index (χ4v) is 7.03. The van der Waals surface area contributed by atoms with E-state index in [1.54, 1.807) is 24.3 Å². The van der Waals surface area contributed by atoms with E-state index in [2.05, 4.69) is 31.0 Å². The maximum atomic E-state index is 16.3. The van der Waals surface area contributed by atoms with E-state index in [0.29, 0.717) is 60.6 Å². The Labute approximate surface area is 225 Å². The van der Waals surface area contributed by atoms with Gasteiger partial charge in [0.1, 0.15) is 35.5 Å². The molecule has 10 heteroatoms. The van der Waals surface area contributed by atoms with Crippen LogP contribution in [0.15, 0.2) is 24.3 Å². The number of rotatable bonds is 5. The topological polar surface area (TPSA) is 92.4 Å². The molecule has 3 aromatic rings. The summed E-state index contributed by atoms with van der Waals surface area (Å²) in [7, 11) is 0. The Hall–Kier alpha value is -3.55. The highest BCUT2D eigenvalue weighted by molar-refractivity contribution is 5.96. The van der Waals surface area contributed by atoms with Crippen molar-refractivity contribution in [1.29, 1.82) is 0 Å². The quantitative estimate of drug-likeness (QED) is 0.383. The van der Waals surface area contributed by atoms with Crippen LogP contribution in [0, 0.1) is 18.2 Å². The average Bonchev–Trinajstić information content (AvgIpc) is 3.58. The van der Waals surface area contributed by atoms with Gasteiger partial charge >= 0.3 is 6.01 Å². The monoisotopic (exact) mass is 531 g/mol. The van der Waals surface area contributed by atoms with Crippen molar-refractivity contribution in [3.05, 3.63) is 35.8 Å². The molecule has 8 nitrogen and oxygen atoms in total. The summed E-state index contributed by atoms with van der Waals surface area (Å²) in [6.07, 6.45) is 9.49. The molecule has 39 heavy (non-hydrogen) atoms. The lowest BCUT2D eigenvalue weighted by Gasteiger charge is -2.34. The Morgan fingerprint density at radius 2 is 2.00 bits per heavy atom. The first kappa shape index (κ1) is 24.5. The average molecular weight is 532 g/mol. The lowest BCUT2D eigenvalue weighted by Crippen LogP contribution is -2.51. The van der Waals surface area contributed by atoms with Crippen molar-refractivity contribution in [3.63, 3.8) is 0 Å². The lowest BCUT2D eigenvalue weighted by atomic mass is 9.95. The molecule has 1 aromatic carbocycles. The Morgan fingerprint density at radius 1 is 1.18 bits per heavy atom. The molecule has 202 valence electrons. The van der Waals surface area contributed by atoms with Crippen molar-refractivity contribution < 1.29 is 13.5 Å². The van der Waals surface area contributed by atoms with Crippen LogP contribution in [-0.4, -0.2) is 76.4 Å². The molecule has 0 saturated carbocycles. The number of nitrogens with two attached hydrogens (primary N) is 1. The largest absolute Gasteiger partial charge is 0.461 e. The zero-order chi connectivity index (χ0) is 26.7. The molecule has 0 radical (unpaired) electrons. The molecule has 4 saturated heterocycles. The zero-order valence-electron chi connectivity index (χ0n) is 21.7. The van der Waals surface area contributed by atoms with E-state index in [0.717, 1.165) is 32.2 Å². The van der Waals surface area contributed by atoms with Gasteiger partial charge in [-0.15, -0.1) is 6.42 Å². The van der Waals surface area contributed by atoms with Gasteiger partial charge in [0.15, 0.2) is 5.82 Å². The van der Waals surface area contributed by atoms with Gasteiger partial charge in [-0.2, -0.15) is 9.97 Å². The number of anilines is 2. The molecule has 2 aromatic heterocycles. The number of pyridine rings is 1. The highest BCUT2D eigenvalue weighted by atomic mass is 19.1. The van der Waals surface area contributed by atoms with Crippen LogP contribution < -0.4 is 20.7 Å². The molecule has 4 fully saturated rings. The third kappa shape index (κ3) is 4.15. The van der Waals surface area contributed by atoms with Crippen LogP contribution >= 0.6 is 0 Å². The molecule has 7 rings (SSSR count). The predicted molar refractivity (Wildman–Crippen MR) is 146 cm³/mol. The molecule has 3 N–H and O–H groups in total. The van der Waals surface area contributed by atoms with Crippen LogP contribution in [0.2, 0.25) is 0 Å². The molecule has 0 spiro atoms. The Kier molecular flexibility index (Phi) is 5.83. The van der Waals surface area contributed by atoms with Crippen molar-refractivity contribution in [3.8, 4) is 29.6 Å². The zero-order valence-corrected chi connectivity index (χ0v) is 21.7. The van der Waals surface area contributed by atoms with Crippen LogP contribution in [0.1, 0.15) is 37.8 Å². The summed E-state index contributed by atoms with van der Waals surface area (Å²) < 4.78 is 36.9. The molecule has 4 aliphatic heterocycles. The summed E-state index contributed by atoms with van der Waals surface area (Å²) in [5.41, 5.74) is 7.02. The molecule has 4 aliphatic rings. The maximum absolute atomic E-state index is 16.3. The summed E-state index contributed by atoms with van der Waals surface area (Å²) in [4.78, 5) is 18.2. The second-order valence-corrected chi connectivity index (χ2v) is 11.4. The second kappa shape index (κ2) is 9.28. The van der Waals surface area contributed by atoms with E-state index < -0.39 is 12.0 Å². The summed E-state index contributed by atoms with van der Waals surface area (Å²) >= 11 is 0. The van der Waals surface area contributed by atoms with E-state index in [-0.39, 0.29) is 35.1 Å². The molecular formula is C29H31F2N7O. The fraction of sp³-hybridized carbons (Fsp3) is 0.483. The Bertz CT molecular complexity index is 1480. The SMILES string of the molecule is C#Cc1nc(-c2cccc(N)c2)c(F)c2nc(OC[C@@]34CCCN3C[C@H](F)C4)nc(N3CC4CCC(C3)N4)c12. The Balaban J connectivity index is 1.36. The van der Waals surface area contributed by atoms with Crippen molar-refractivity contribution in [1.82, 2.24) is 25.2 Å². The number of halogens is 2. The van der Waals surface area contributed by atoms with Gasteiger partial charge in [-0.05, 0) is 50.3 Å². The number of hydrogen-bond acceptors (Lipinski definition) is 8. The molecular weight excluding hydrogens is 500 g/mol. The number of ether oxygens (including phenoxy) is 1. The lowest BCUT2D eigenvalue weighted by molar-refractivity contribution is 0.107. The second-order valence-electron chi connectivity index (χ2n) is 11.4. The third-order valence-electron chi connectivity index (χ3n) is 8.79. The highest BCUT2D eigenvalue weighted by Crippen LogP contribution is 2.41. The molecule has 2 bridgehead atoms. The minimum atomic E-state index is -0.874. The first-order valence-corrected chi connectivity index (χ1v) is 13.7. The molecule has 0 amide bonds. The van der Waals surface area contributed by atoms with Crippen LogP contribution in [0.5, 0.6) is 6.01 Å². The van der Waals surface area contributed by atoms with Gasteiger partial charge in [0.25, 0.3) is 0 Å². The van der Waals surface area contributed by atoms with Gasteiger partial charge in [-0.3, -0.25) is 4.90 Å². The first-order chi connectivity index (χ1) is 18.9. The van der Waals surface area contributed by atoms with Crippen molar-refractivity contribution in [2.45, 2.75) is 55.9 Å². The van der Waals surface area contributed by atoms with Crippen LogP contribution in [-0.2, 0) is 0 Å². The summed E-state index contributed by atoms with van der Waals surface area (Å²) in [5, 5.41) is 4.02. The normalized spacial score (nSPS) is 28.1. The Morgan fingerprint density at radius 3 is 2.77 bits per heavy atom. The van der Waals surface area contributed by atoms with Crippen LogP contribution in [0.25, 0.3) is 22.2 Å². The van der Waals surface area contributed by atoms with Crippen molar-refractivity contribution in [2.75, 3.05) is 43.4 Å². The number of fused-ring (bicyclic) bond motifs is 4. The van der Waals surface area contributed by atoms with E-state index in [4.69, 9.17) is 21.9 Å². The van der Waals surface area contributed by atoms with Crippen LogP contribution in [0.3, 0.4) is 0 Å². The van der Waals surface area contributed by atoms with Gasteiger partial charge in [-0.1, -0.05) is 12.1 Å². The maximum Gasteiger partial charge on any atom is 0.319 e. The van der Waals surface area contributed by atoms with Gasteiger partial charge in [0.05, 0.1) is 10.9 Å². The van der Waals surface area contributed by atoms with Gasteiger partial charge in [0, 0.05) is 49.4 Å². The molecule has 6 heterocycles. The number of nitrogens with one attached hydrogen (secondary N) is 1. The van der Waals surface area contributed by atoms with E-state index in [9.17, 15) is 4.39 Å². The number of terminal acetylenes is 1. The summed E-state index contributed by atoms with van der Waals surface area (Å²) in [6.45, 7) is 2.96. The number of benzene rings is 1. The smallest absolute Gasteiger partial charge is 0.319 e. The van der Waals surface area contributed by atoms with Crippen molar-refractivity contribution in [2.24, 2.45) is 0 Å². The number of alkyl halides is 1. The van der Waals surface area contributed by atoms with E-state index >= 15 is 4.39 Å². The van der Waals surface area contributed by atoms with Crippen molar-refractivity contribution >= 4 is 22.4 Å². The minimum Gasteiger partial charge on any atom is -0.461 e. The first-order valence-electron chi connectivity index (χ1n) is 13.7. The number of hydrogen-bond donors (Lipinski definition) is 2. The molecule has 2 unspecified atom stereocenters. The standard InChI is InChI=1S/C29H31F2N7O/c1-2-22-23-26(24(31)25(34-22)17-5-3-6-19(32)11-17)35-28(36-27(23)37-14-20-7-8-21(15-37)33-20)39-16-29-9-4-10-38(29)13-18(30)12-29/h1,3,5-6,11,18,20-21,33H,4,7-10,12-16,32H2/t18-,20?,21?,29+/m1/s1. The molecule has 4 atom stereocenters. The number of aromatic nitrogens is 3. The molecule has 0 aliphatic carbocycles. The van der Waals surface area contributed by atoms with E-state index in [1.165, 1.54) is 0 Å². The minimum absolute atomic E-state index is 0.0665. The fourth-order valence-electron chi connectivity index (χ4n) is 7.03. The van der Waals surface area contributed by atoms with Crippen LogP contribution in [0.4, 0.5) is 20.3 Å². The van der Waals surface area contributed by atoms with Gasteiger partial charge in [-0.25, -0.2) is 13.8 Å².